The summed E-state index contributed by atoms with van der Waals surface area (Å²) in [5, 5.41) is 5.59. The lowest BCUT2D eigenvalue weighted by molar-refractivity contribution is 0.459. The Kier molecular flexibility index (Phi) is 4.68. The first-order chi connectivity index (χ1) is 12.2. The minimum atomic E-state index is 0. The largest absolute Gasteiger partial charge is 0.317 e. The molecule has 0 spiro atoms. The van der Waals surface area contributed by atoms with Crippen molar-refractivity contribution in [3.05, 3.63) is 28.8 Å². The number of aromatic nitrogens is 5. The Hall–Kier alpha value is -1.61. The van der Waals surface area contributed by atoms with Crippen LogP contribution in [0.1, 0.15) is 35.2 Å². The second-order valence-electron chi connectivity index (χ2n) is 6.53. The number of imidazole rings is 1. The second kappa shape index (κ2) is 6.84. The van der Waals surface area contributed by atoms with E-state index in [1.54, 1.807) is 22.7 Å². The molecule has 4 aromatic heterocycles. The fourth-order valence-corrected chi connectivity index (χ4v) is 5.59. The maximum absolute atomic E-state index is 4.87. The van der Waals surface area contributed by atoms with Gasteiger partial charge in [0.05, 0.1) is 16.4 Å². The van der Waals surface area contributed by atoms with Crippen LogP contribution >= 0.6 is 35.1 Å². The summed E-state index contributed by atoms with van der Waals surface area (Å²) >= 11 is 3.38. The zero-order valence-corrected chi connectivity index (χ0v) is 17.0. The number of thiazole rings is 2. The van der Waals surface area contributed by atoms with Gasteiger partial charge in [-0.15, -0.1) is 12.4 Å². The van der Waals surface area contributed by atoms with Gasteiger partial charge >= 0.3 is 0 Å². The van der Waals surface area contributed by atoms with Gasteiger partial charge < -0.3 is 9.72 Å². The molecule has 5 rings (SSSR count). The van der Waals surface area contributed by atoms with Crippen molar-refractivity contribution in [2.45, 2.75) is 32.6 Å². The van der Waals surface area contributed by atoms with Crippen LogP contribution in [0.2, 0.25) is 0 Å². The van der Waals surface area contributed by atoms with Gasteiger partial charge in [-0.05, 0) is 39.8 Å². The topological polar surface area (TPSA) is 68.0 Å². The first kappa shape index (κ1) is 17.8. The van der Waals surface area contributed by atoms with Crippen molar-refractivity contribution in [3.63, 3.8) is 0 Å². The van der Waals surface area contributed by atoms with Crippen LogP contribution in [0.15, 0.2) is 12.4 Å². The Morgan fingerprint density at radius 1 is 1.00 bits per heavy atom. The van der Waals surface area contributed by atoms with Gasteiger partial charge in [-0.25, -0.2) is 15.0 Å². The van der Waals surface area contributed by atoms with Crippen LogP contribution in [0.4, 0.5) is 0 Å². The fourth-order valence-electron chi connectivity index (χ4n) is 3.42. The average Bonchev–Trinajstić information content (AvgIpc) is 3.27. The van der Waals surface area contributed by atoms with E-state index in [2.05, 4.69) is 10.3 Å². The number of hydrogen-bond acceptors (Lipinski definition) is 7. The molecule has 26 heavy (non-hydrogen) atoms. The van der Waals surface area contributed by atoms with Crippen LogP contribution in [0.25, 0.3) is 26.0 Å². The highest BCUT2D eigenvalue weighted by Crippen LogP contribution is 2.37. The summed E-state index contributed by atoms with van der Waals surface area (Å²) in [7, 11) is 0. The molecule has 1 saturated heterocycles. The van der Waals surface area contributed by atoms with E-state index < -0.39 is 0 Å². The summed E-state index contributed by atoms with van der Waals surface area (Å²) in [6, 6.07) is 0. The van der Waals surface area contributed by atoms with E-state index >= 15 is 0 Å². The minimum absolute atomic E-state index is 0. The number of hydrogen-bond donors (Lipinski definition) is 1. The maximum Gasteiger partial charge on any atom is 0.159 e. The SMILES string of the molecule is Cc1cn2cc(-c3nc4sc(C5CCNCC5)nc4s3)nc2c(C)n1.Cl. The van der Waals surface area contributed by atoms with Crippen molar-refractivity contribution in [1.82, 2.24) is 29.7 Å². The normalized spacial score (nSPS) is 15.6. The predicted octanol–water partition coefficient (Wildman–Crippen LogP) is 3.97. The Morgan fingerprint density at radius 3 is 2.54 bits per heavy atom. The van der Waals surface area contributed by atoms with Gasteiger partial charge in [0.15, 0.2) is 15.3 Å². The van der Waals surface area contributed by atoms with Crippen molar-refractivity contribution in [3.8, 4) is 10.7 Å². The van der Waals surface area contributed by atoms with Crippen LogP contribution in [0.5, 0.6) is 0 Å². The molecule has 0 unspecified atom stereocenters. The number of halogens is 1. The molecule has 0 radical (unpaired) electrons. The lowest BCUT2D eigenvalue weighted by Crippen LogP contribution is -2.26. The molecule has 136 valence electrons. The van der Waals surface area contributed by atoms with Crippen LogP contribution in [0, 0.1) is 13.8 Å². The smallest absolute Gasteiger partial charge is 0.159 e. The van der Waals surface area contributed by atoms with Crippen molar-refractivity contribution < 1.29 is 0 Å². The fraction of sp³-hybridized carbons (Fsp3) is 0.412. The van der Waals surface area contributed by atoms with Crippen LogP contribution < -0.4 is 5.32 Å². The number of nitrogens with zero attached hydrogens (tertiary/aromatic N) is 5. The van der Waals surface area contributed by atoms with E-state index in [9.17, 15) is 0 Å². The first-order valence-electron chi connectivity index (χ1n) is 8.48. The molecule has 4 aromatic rings. The van der Waals surface area contributed by atoms with E-state index in [1.807, 2.05) is 30.6 Å². The summed E-state index contributed by atoms with van der Waals surface area (Å²) in [6.07, 6.45) is 6.38. The highest BCUT2D eigenvalue weighted by molar-refractivity contribution is 7.28. The highest BCUT2D eigenvalue weighted by Gasteiger charge is 2.21. The molecule has 6 nitrogen and oxygen atoms in total. The first-order valence-corrected chi connectivity index (χ1v) is 10.1. The second-order valence-corrected chi connectivity index (χ2v) is 8.52. The molecule has 1 N–H and O–H groups in total. The van der Waals surface area contributed by atoms with Crippen molar-refractivity contribution >= 4 is 50.4 Å². The molecule has 0 saturated carbocycles. The standard InChI is InChI=1S/C17H18N6S2.ClH/c1-9-7-23-8-12(20-13(23)10(2)19-9)15-22-17-16(25-15)21-14(24-17)11-3-5-18-6-4-11;/h7-8,11,18H,3-6H2,1-2H3;1H. The minimum Gasteiger partial charge on any atom is -0.317 e. The van der Waals surface area contributed by atoms with E-state index in [1.165, 1.54) is 17.8 Å². The van der Waals surface area contributed by atoms with Crippen LogP contribution in [0.3, 0.4) is 0 Å². The lowest BCUT2D eigenvalue weighted by Gasteiger charge is -2.20. The Balaban J connectivity index is 0.00000168. The van der Waals surface area contributed by atoms with Crippen molar-refractivity contribution in [1.29, 1.82) is 0 Å². The summed E-state index contributed by atoms with van der Waals surface area (Å²) < 4.78 is 2.04. The van der Waals surface area contributed by atoms with Gasteiger partial charge in [-0.3, -0.25) is 4.98 Å². The third-order valence-corrected chi connectivity index (χ3v) is 6.84. The van der Waals surface area contributed by atoms with Gasteiger partial charge in [-0.2, -0.15) is 0 Å². The number of piperidine rings is 1. The Bertz CT molecular complexity index is 1040. The number of fused-ring (bicyclic) bond motifs is 2. The molecule has 0 aromatic carbocycles. The molecule has 0 bridgehead atoms. The molecular formula is C17H19ClN6S2. The van der Waals surface area contributed by atoms with Gasteiger partial charge in [-0.1, -0.05) is 22.7 Å². The number of nitrogens with one attached hydrogen (secondary N) is 1. The molecule has 0 atom stereocenters. The third kappa shape index (κ3) is 3.00. The number of rotatable bonds is 2. The van der Waals surface area contributed by atoms with E-state index in [-0.39, 0.29) is 12.4 Å². The Morgan fingerprint density at radius 2 is 1.77 bits per heavy atom. The zero-order valence-electron chi connectivity index (χ0n) is 14.5. The van der Waals surface area contributed by atoms with Gasteiger partial charge in [0, 0.05) is 18.3 Å². The van der Waals surface area contributed by atoms with E-state index in [0.717, 1.165) is 50.5 Å². The third-order valence-electron chi connectivity index (χ3n) is 4.63. The van der Waals surface area contributed by atoms with Crippen molar-refractivity contribution in [2.75, 3.05) is 13.1 Å². The molecular weight excluding hydrogens is 388 g/mol. The monoisotopic (exact) mass is 406 g/mol. The lowest BCUT2D eigenvalue weighted by atomic mass is 9.99. The maximum atomic E-state index is 4.87. The van der Waals surface area contributed by atoms with Gasteiger partial charge in [0.1, 0.15) is 10.7 Å². The van der Waals surface area contributed by atoms with Crippen LogP contribution in [-0.2, 0) is 0 Å². The molecule has 1 aliphatic heterocycles. The van der Waals surface area contributed by atoms with Gasteiger partial charge in [0.25, 0.3) is 0 Å². The summed E-state index contributed by atoms with van der Waals surface area (Å²) in [4.78, 5) is 21.0. The number of aryl methyl sites for hydroxylation is 2. The summed E-state index contributed by atoms with van der Waals surface area (Å²) in [5.41, 5.74) is 3.72. The summed E-state index contributed by atoms with van der Waals surface area (Å²) in [5.74, 6) is 0.586. The molecule has 9 heteroatoms. The van der Waals surface area contributed by atoms with E-state index in [4.69, 9.17) is 15.0 Å². The predicted molar refractivity (Wildman–Crippen MR) is 109 cm³/mol. The highest BCUT2D eigenvalue weighted by atomic mass is 35.5. The van der Waals surface area contributed by atoms with Gasteiger partial charge in [0.2, 0.25) is 0 Å². The molecule has 0 amide bonds. The molecule has 1 aliphatic rings. The molecule has 1 fully saturated rings. The van der Waals surface area contributed by atoms with Crippen LogP contribution in [-0.4, -0.2) is 37.4 Å². The van der Waals surface area contributed by atoms with Crippen molar-refractivity contribution in [2.24, 2.45) is 0 Å². The average molecular weight is 407 g/mol. The quantitative estimate of drug-likeness (QED) is 0.545. The molecule has 0 aliphatic carbocycles. The Labute approximate surface area is 165 Å². The molecule has 5 heterocycles. The van der Waals surface area contributed by atoms with E-state index in [0.29, 0.717) is 5.92 Å². The zero-order chi connectivity index (χ0) is 17.0. The summed E-state index contributed by atoms with van der Waals surface area (Å²) in [6.45, 7) is 6.17.